The molecule has 0 saturated carbocycles. The van der Waals surface area contributed by atoms with Crippen molar-refractivity contribution in [1.82, 2.24) is 4.72 Å². The SMILES string of the molecule is CC(C)C(C)NS(=O)(=O)CCCCCl. The second kappa shape index (κ2) is 6.64. The fourth-order valence-corrected chi connectivity index (χ4v) is 2.59. The number of nitrogens with one attached hydrogen (secondary N) is 1. The molecular formula is C9H20ClNO2S. The second-order valence-electron chi connectivity index (χ2n) is 3.87. The van der Waals surface area contributed by atoms with Gasteiger partial charge in [0, 0.05) is 11.9 Å². The van der Waals surface area contributed by atoms with E-state index in [2.05, 4.69) is 4.72 Å². The van der Waals surface area contributed by atoms with Crippen LogP contribution < -0.4 is 4.72 Å². The van der Waals surface area contributed by atoms with Crippen molar-refractivity contribution < 1.29 is 8.42 Å². The largest absolute Gasteiger partial charge is 0.212 e. The topological polar surface area (TPSA) is 46.2 Å². The lowest BCUT2D eigenvalue weighted by Crippen LogP contribution is -2.37. The lowest BCUT2D eigenvalue weighted by Gasteiger charge is -2.17. The average molecular weight is 242 g/mol. The van der Waals surface area contributed by atoms with Gasteiger partial charge in [-0.2, -0.15) is 0 Å². The highest BCUT2D eigenvalue weighted by molar-refractivity contribution is 7.89. The molecule has 0 amide bonds. The summed E-state index contributed by atoms with van der Waals surface area (Å²) in [5, 5.41) is 0. The Hall–Kier alpha value is 0.200. The van der Waals surface area contributed by atoms with Crippen LogP contribution in [-0.4, -0.2) is 26.1 Å². The molecule has 0 aromatic carbocycles. The predicted molar refractivity (Wildman–Crippen MR) is 61.2 cm³/mol. The molecule has 0 fully saturated rings. The van der Waals surface area contributed by atoms with Gasteiger partial charge in [-0.15, -0.1) is 11.6 Å². The molecule has 1 N–H and O–H groups in total. The van der Waals surface area contributed by atoms with Crippen LogP contribution in [0.5, 0.6) is 0 Å². The maximum Gasteiger partial charge on any atom is 0.211 e. The van der Waals surface area contributed by atoms with Crippen LogP contribution in [0.25, 0.3) is 0 Å². The van der Waals surface area contributed by atoms with Crippen molar-refractivity contribution in [2.45, 2.75) is 39.7 Å². The van der Waals surface area contributed by atoms with Crippen molar-refractivity contribution in [2.24, 2.45) is 5.92 Å². The van der Waals surface area contributed by atoms with E-state index >= 15 is 0 Å². The summed E-state index contributed by atoms with van der Waals surface area (Å²) in [6.07, 6.45) is 1.38. The summed E-state index contributed by atoms with van der Waals surface area (Å²) >= 11 is 5.47. The van der Waals surface area contributed by atoms with Crippen LogP contribution in [0.1, 0.15) is 33.6 Å². The Morgan fingerprint density at radius 2 is 1.79 bits per heavy atom. The van der Waals surface area contributed by atoms with Crippen LogP contribution in [0.3, 0.4) is 0 Å². The Kier molecular flexibility index (Phi) is 6.74. The summed E-state index contributed by atoms with van der Waals surface area (Å²) in [4.78, 5) is 0. The maximum absolute atomic E-state index is 11.5. The van der Waals surface area contributed by atoms with Crippen LogP contribution in [0.4, 0.5) is 0 Å². The Labute approximate surface area is 92.3 Å². The number of hydrogen-bond donors (Lipinski definition) is 1. The minimum atomic E-state index is -3.11. The third-order valence-electron chi connectivity index (χ3n) is 2.16. The van der Waals surface area contributed by atoms with Crippen LogP contribution in [0, 0.1) is 5.92 Å². The number of alkyl halides is 1. The summed E-state index contributed by atoms with van der Waals surface area (Å²) in [7, 11) is -3.11. The van der Waals surface area contributed by atoms with Crippen LogP contribution in [0.2, 0.25) is 0 Å². The van der Waals surface area contributed by atoms with E-state index < -0.39 is 10.0 Å². The Bertz CT molecular complexity index is 239. The smallest absolute Gasteiger partial charge is 0.211 e. The molecule has 0 aliphatic rings. The van der Waals surface area contributed by atoms with E-state index in [0.717, 1.165) is 6.42 Å². The summed E-state index contributed by atoms with van der Waals surface area (Å²) in [6.45, 7) is 5.86. The predicted octanol–water partition coefficient (Wildman–Crippen LogP) is 1.97. The van der Waals surface area contributed by atoms with E-state index in [1.807, 2.05) is 20.8 Å². The number of halogens is 1. The van der Waals surface area contributed by atoms with Gasteiger partial charge >= 0.3 is 0 Å². The van der Waals surface area contributed by atoms with E-state index in [1.165, 1.54) is 0 Å². The normalized spacial score (nSPS) is 14.6. The number of hydrogen-bond acceptors (Lipinski definition) is 2. The van der Waals surface area contributed by atoms with Gasteiger partial charge in [-0.25, -0.2) is 13.1 Å². The van der Waals surface area contributed by atoms with E-state index in [1.54, 1.807) is 0 Å². The van der Waals surface area contributed by atoms with Gasteiger partial charge < -0.3 is 0 Å². The minimum absolute atomic E-state index is 0.00370. The molecule has 0 aliphatic heterocycles. The summed E-state index contributed by atoms with van der Waals surface area (Å²) < 4.78 is 25.6. The van der Waals surface area contributed by atoms with Gasteiger partial charge in [-0.05, 0) is 25.7 Å². The molecule has 3 nitrogen and oxygen atoms in total. The molecule has 0 aromatic heterocycles. The van der Waals surface area contributed by atoms with Crippen molar-refractivity contribution >= 4 is 21.6 Å². The molecule has 0 radical (unpaired) electrons. The van der Waals surface area contributed by atoms with Gasteiger partial charge in [0.2, 0.25) is 10.0 Å². The monoisotopic (exact) mass is 241 g/mol. The lowest BCUT2D eigenvalue weighted by molar-refractivity contribution is 0.476. The molecule has 0 spiro atoms. The Morgan fingerprint density at radius 3 is 2.21 bits per heavy atom. The molecule has 0 saturated heterocycles. The molecule has 0 aliphatic carbocycles. The molecule has 0 bridgehead atoms. The highest BCUT2D eigenvalue weighted by Crippen LogP contribution is 2.03. The van der Waals surface area contributed by atoms with E-state index in [0.29, 0.717) is 18.2 Å². The zero-order valence-corrected chi connectivity index (χ0v) is 10.7. The van der Waals surface area contributed by atoms with Crippen molar-refractivity contribution in [3.05, 3.63) is 0 Å². The van der Waals surface area contributed by atoms with Gasteiger partial charge in [0.1, 0.15) is 0 Å². The van der Waals surface area contributed by atoms with Crippen molar-refractivity contribution in [1.29, 1.82) is 0 Å². The standard InChI is InChI=1S/C9H20ClNO2S/c1-8(2)9(3)11-14(12,13)7-5-4-6-10/h8-9,11H,4-7H2,1-3H3. The number of unbranched alkanes of at least 4 members (excludes halogenated alkanes) is 1. The van der Waals surface area contributed by atoms with Gasteiger partial charge in [-0.3, -0.25) is 0 Å². The van der Waals surface area contributed by atoms with Gasteiger partial charge in [0.15, 0.2) is 0 Å². The van der Waals surface area contributed by atoms with Crippen molar-refractivity contribution in [2.75, 3.05) is 11.6 Å². The molecule has 14 heavy (non-hydrogen) atoms. The first-order valence-corrected chi connectivity index (χ1v) is 7.13. The highest BCUT2D eigenvalue weighted by atomic mass is 35.5. The molecule has 86 valence electrons. The molecule has 0 heterocycles. The second-order valence-corrected chi connectivity index (χ2v) is 6.12. The van der Waals surface area contributed by atoms with Crippen LogP contribution in [-0.2, 0) is 10.0 Å². The number of rotatable bonds is 7. The van der Waals surface area contributed by atoms with Crippen molar-refractivity contribution in [3.63, 3.8) is 0 Å². The molecule has 1 atom stereocenters. The summed E-state index contributed by atoms with van der Waals surface area (Å²) in [6, 6.07) is -0.00370. The summed E-state index contributed by atoms with van der Waals surface area (Å²) in [5.41, 5.74) is 0. The molecular weight excluding hydrogens is 222 g/mol. The maximum atomic E-state index is 11.5. The lowest BCUT2D eigenvalue weighted by atomic mass is 10.1. The quantitative estimate of drug-likeness (QED) is 0.547. The zero-order chi connectivity index (χ0) is 11.2. The van der Waals surface area contributed by atoms with Gasteiger partial charge in [0.25, 0.3) is 0 Å². The molecule has 0 rings (SSSR count). The first kappa shape index (κ1) is 14.2. The van der Waals surface area contributed by atoms with E-state index in [4.69, 9.17) is 11.6 Å². The first-order chi connectivity index (χ1) is 6.39. The van der Waals surface area contributed by atoms with Crippen LogP contribution >= 0.6 is 11.6 Å². The third kappa shape index (κ3) is 6.62. The van der Waals surface area contributed by atoms with E-state index in [-0.39, 0.29) is 11.8 Å². The first-order valence-electron chi connectivity index (χ1n) is 4.95. The molecule has 5 heteroatoms. The minimum Gasteiger partial charge on any atom is -0.212 e. The van der Waals surface area contributed by atoms with Gasteiger partial charge in [-0.1, -0.05) is 13.8 Å². The Morgan fingerprint density at radius 1 is 1.21 bits per heavy atom. The zero-order valence-electron chi connectivity index (χ0n) is 9.09. The Balaban J connectivity index is 3.95. The molecule has 1 unspecified atom stereocenters. The van der Waals surface area contributed by atoms with Crippen molar-refractivity contribution in [3.8, 4) is 0 Å². The third-order valence-corrected chi connectivity index (χ3v) is 3.99. The molecule has 0 aromatic rings. The van der Waals surface area contributed by atoms with Crippen LogP contribution in [0.15, 0.2) is 0 Å². The average Bonchev–Trinajstić information content (AvgIpc) is 2.03. The van der Waals surface area contributed by atoms with Gasteiger partial charge in [0.05, 0.1) is 5.75 Å². The van der Waals surface area contributed by atoms with E-state index in [9.17, 15) is 8.42 Å². The highest BCUT2D eigenvalue weighted by Gasteiger charge is 2.15. The number of sulfonamides is 1. The fraction of sp³-hybridized carbons (Fsp3) is 1.00. The fourth-order valence-electron chi connectivity index (χ4n) is 0.865. The summed E-state index contributed by atoms with van der Waals surface area (Å²) in [5.74, 6) is 1.02.